The van der Waals surface area contributed by atoms with Gasteiger partial charge in [0.25, 0.3) is 5.91 Å². The highest BCUT2D eigenvalue weighted by molar-refractivity contribution is 7.90. The van der Waals surface area contributed by atoms with Gasteiger partial charge in [-0.25, -0.2) is 13.1 Å². The number of amides is 1. The second kappa shape index (κ2) is 6.26. The molecule has 1 N–H and O–H groups in total. The van der Waals surface area contributed by atoms with E-state index in [4.69, 9.17) is 4.74 Å². The average Bonchev–Trinajstić information content (AvgIpc) is 3.28. The van der Waals surface area contributed by atoms with E-state index in [1.165, 1.54) is 0 Å². The predicted molar refractivity (Wildman–Crippen MR) is 82.0 cm³/mol. The zero-order valence-electron chi connectivity index (χ0n) is 12.3. The number of rotatable bonds is 6. The molecule has 1 heterocycles. The van der Waals surface area contributed by atoms with Crippen molar-refractivity contribution in [2.24, 2.45) is 0 Å². The first kappa shape index (κ1) is 15.3. The minimum atomic E-state index is -3.19. The van der Waals surface area contributed by atoms with Crippen LogP contribution in [0.3, 0.4) is 0 Å². The number of nitrogens with zero attached hydrogens (tertiary/aromatic N) is 1. The first-order valence-electron chi connectivity index (χ1n) is 7.51. The van der Waals surface area contributed by atoms with Gasteiger partial charge in [-0.15, -0.1) is 0 Å². The molecule has 1 atom stereocenters. The van der Waals surface area contributed by atoms with Crippen LogP contribution in [0, 0.1) is 0 Å². The molecule has 0 bridgehead atoms. The Bertz CT molecular complexity index is 628. The molecule has 1 saturated heterocycles. The Labute approximate surface area is 130 Å². The fourth-order valence-electron chi connectivity index (χ4n) is 2.54. The smallest absolute Gasteiger partial charge is 0.260 e. The summed E-state index contributed by atoms with van der Waals surface area (Å²) in [6.45, 7) is 0.962. The molecule has 2 aliphatic rings. The van der Waals surface area contributed by atoms with Crippen LogP contribution in [0.25, 0.3) is 0 Å². The van der Waals surface area contributed by atoms with Gasteiger partial charge in [-0.1, -0.05) is 18.2 Å². The van der Waals surface area contributed by atoms with Crippen molar-refractivity contribution in [3.8, 4) is 5.75 Å². The van der Waals surface area contributed by atoms with Crippen LogP contribution in [-0.2, 0) is 14.8 Å². The van der Waals surface area contributed by atoms with Gasteiger partial charge in [0.1, 0.15) is 5.75 Å². The van der Waals surface area contributed by atoms with Crippen molar-refractivity contribution < 1.29 is 17.9 Å². The minimum Gasteiger partial charge on any atom is -0.484 e. The molecule has 0 radical (unpaired) electrons. The van der Waals surface area contributed by atoms with Crippen molar-refractivity contribution in [3.63, 3.8) is 0 Å². The van der Waals surface area contributed by atoms with Gasteiger partial charge in [-0.05, 0) is 31.4 Å². The molecule has 1 amide bonds. The lowest BCUT2D eigenvalue weighted by molar-refractivity contribution is -0.132. The summed E-state index contributed by atoms with van der Waals surface area (Å²) in [7, 11) is -3.19. The van der Waals surface area contributed by atoms with Crippen LogP contribution in [0.15, 0.2) is 30.3 Å². The second-order valence-electron chi connectivity index (χ2n) is 5.79. The first-order chi connectivity index (χ1) is 10.5. The summed E-state index contributed by atoms with van der Waals surface area (Å²) in [5.74, 6) is 0.540. The van der Waals surface area contributed by atoms with Gasteiger partial charge in [0.15, 0.2) is 6.61 Å². The number of carbonyl (C=O) groups is 1. The molecule has 0 unspecified atom stereocenters. The number of hydrogen-bond donors (Lipinski definition) is 1. The number of nitrogens with one attached hydrogen (secondary N) is 1. The van der Waals surface area contributed by atoms with E-state index in [-0.39, 0.29) is 23.8 Å². The van der Waals surface area contributed by atoms with Crippen molar-refractivity contribution in [2.75, 3.05) is 19.7 Å². The fourth-order valence-corrected chi connectivity index (χ4v) is 4.15. The monoisotopic (exact) mass is 324 g/mol. The van der Waals surface area contributed by atoms with Crippen molar-refractivity contribution in [2.45, 2.75) is 30.6 Å². The maximum absolute atomic E-state index is 12.1. The molecule has 0 spiro atoms. The molecule has 0 aromatic heterocycles. The summed E-state index contributed by atoms with van der Waals surface area (Å²) in [5.41, 5.74) is 0. The largest absolute Gasteiger partial charge is 0.484 e. The van der Waals surface area contributed by atoms with Crippen molar-refractivity contribution in [1.29, 1.82) is 0 Å². The van der Waals surface area contributed by atoms with Crippen LogP contribution in [-0.4, -0.2) is 50.2 Å². The molecule has 1 aliphatic carbocycles. The lowest BCUT2D eigenvalue weighted by atomic mass is 10.3. The molecular weight excluding hydrogens is 304 g/mol. The molecule has 1 saturated carbocycles. The van der Waals surface area contributed by atoms with Crippen LogP contribution in [0.1, 0.15) is 19.3 Å². The third-order valence-corrected chi connectivity index (χ3v) is 5.95. The second-order valence-corrected chi connectivity index (χ2v) is 7.78. The molecule has 22 heavy (non-hydrogen) atoms. The summed E-state index contributed by atoms with van der Waals surface area (Å²) in [6, 6.07) is 8.99. The van der Waals surface area contributed by atoms with E-state index in [0.29, 0.717) is 25.3 Å². The Morgan fingerprint density at radius 2 is 1.95 bits per heavy atom. The van der Waals surface area contributed by atoms with E-state index in [1.807, 2.05) is 18.2 Å². The molecule has 1 aromatic carbocycles. The zero-order chi connectivity index (χ0) is 15.6. The number of benzene rings is 1. The topological polar surface area (TPSA) is 75.7 Å². The number of hydrogen-bond acceptors (Lipinski definition) is 4. The standard InChI is InChI=1S/C15H20N2O4S/c18-15(11-21-13-4-2-1-3-5-13)17-9-8-12(10-17)16-22(19,20)14-6-7-14/h1-5,12,14,16H,6-11H2/t12-/m1/s1. The van der Waals surface area contributed by atoms with Crippen LogP contribution >= 0.6 is 0 Å². The summed E-state index contributed by atoms with van der Waals surface area (Å²) < 4.78 is 31.9. The third kappa shape index (κ3) is 3.78. The van der Waals surface area contributed by atoms with E-state index < -0.39 is 10.0 Å². The SMILES string of the molecule is O=C(COc1ccccc1)N1CC[C@@H](NS(=O)(=O)C2CC2)C1. The van der Waals surface area contributed by atoms with Crippen LogP contribution in [0.4, 0.5) is 0 Å². The van der Waals surface area contributed by atoms with E-state index in [0.717, 1.165) is 12.8 Å². The minimum absolute atomic E-state index is 0.0217. The molecule has 1 aromatic rings. The quantitative estimate of drug-likeness (QED) is 0.838. The summed E-state index contributed by atoms with van der Waals surface area (Å²) in [4.78, 5) is 13.8. The molecule has 6 nitrogen and oxygen atoms in total. The maximum Gasteiger partial charge on any atom is 0.260 e. The summed E-state index contributed by atoms with van der Waals surface area (Å²) in [6.07, 6.45) is 2.15. The highest BCUT2D eigenvalue weighted by atomic mass is 32.2. The zero-order valence-corrected chi connectivity index (χ0v) is 13.1. The molecule has 2 fully saturated rings. The number of ether oxygens (including phenoxy) is 1. The molecule has 1 aliphatic heterocycles. The summed E-state index contributed by atoms with van der Waals surface area (Å²) in [5, 5.41) is -0.223. The van der Waals surface area contributed by atoms with E-state index in [9.17, 15) is 13.2 Å². The van der Waals surface area contributed by atoms with Gasteiger partial charge in [0.2, 0.25) is 10.0 Å². The van der Waals surface area contributed by atoms with Gasteiger partial charge in [0.05, 0.1) is 5.25 Å². The van der Waals surface area contributed by atoms with Crippen LogP contribution in [0.2, 0.25) is 0 Å². The highest BCUT2D eigenvalue weighted by Gasteiger charge is 2.38. The Morgan fingerprint density at radius 3 is 2.64 bits per heavy atom. The van der Waals surface area contributed by atoms with Gasteiger partial charge in [-0.3, -0.25) is 4.79 Å². The molecule has 120 valence electrons. The van der Waals surface area contributed by atoms with Crippen molar-refractivity contribution in [3.05, 3.63) is 30.3 Å². The van der Waals surface area contributed by atoms with E-state index in [2.05, 4.69) is 4.72 Å². The first-order valence-corrected chi connectivity index (χ1v) is 9.06. The molecular formula is C15H20N2O4S. The number of likely N-dealkylation sites (tertiary alicyclic amines) is 1. The Balaban J connectivity index is 1.46. The normalized spacial score (nSPS) is 21.8. The van der Waals surface area contributed by atoms with E-state index in [1.54, 1.807) is 17.0 Å². The average molecular weight is 324 g/mol. The Kier molecular flexibility index (Phi) is 4.35. The molecule has 3 rings (SSSR count). The van der Waals surface area contributed by atoms with Crippen molar-refractivity contribution in [1.82, 2.24) is 9.62 Å². The third-order valence-electron chi connectivity index (χ3n) is 3.94. The Hall–Kier alpha value is -1.60. The fraction of sp³-hybridized carbons (Fsp3) is 0.533. The number of sulfonamides is 1. The van der Waals surface area contributed by atoms with Crippen LogP contribution in [0.5, 0.6) is 5.75 Å². The predicted octanol–water partition coefficient (Wildman–Crippen LogP) is 0.748. The lowest BCUT2D eigenvalue weighted by Gasteiger charge is -2.17. The lowest BCUT2D eigenvalue weighted by Crippen LogP contribution is -2.40. The van der Waals surface area contributed by atoms with Gasteiger partial charge < -0.3 is 9.64 Å². The van der Waals surface area contributed by atoms with Gasteiger partial charge in [0, 0.05) is 19.1 Å². The van der Waals surface area contributed by atoms with Crippen LogP contribution < -0.4 is 9.46 Å². The van der Waals surface area contributed by atoms with Gasteiger partial charge in [-0.2, -0.15) is 0 Å². The van der Waals surface area contributed by atoms with Gasteiger partial charge >= 0.3 is 0 Å². The van der Waals surface area contributed by atoms with E-state index >= 15 is 0 Å². The number of para-hydroxylation sites is 1. The Morgan fingerprint density at radius 1 is 1.23 bits per heavy atom. The number of carbonyl (C=O) groups excluding carboxylic acids is 1. The maximum atomic E-state index is 12.1. The molecule has 7 heteroatoms. The van der Waals surface area contributed by atoms with Crippen molar-refractivity contribution >= 4 is 15.9 Å². The highest BCUT2D eigenvalue weighted by Crippen LogP contribution is 2.28. The summed E-state index contributed by atoms with van der Waals surface area (Å²) >= 11 is 0.